The zero-order chi connectivity index (χ0) is 24.5. The second kappa shape index (κ2) is 8.91. The lowest BCUT2D eigenvalue weighted by Gasteiger charge is -2.24. The molecule has 0 saturated carbocycles. The molecule has 4 rings (SSSR count). The monoisotopic (exact) mass is 463 g/mol. The van der Waals surface area contributed by atoms with Gasteiger partial charge >= 0.3 is 0 Å². The van der Waals surface area contributed by atoms with Gasteiger partial charge in [0.15, 0.2) is 5.82 Å². The Morgan fingerprint density at radius 3 is 2.38 bits per heavy atom. The fourth-order valence-corrected chi connectivity index (χ4v) is 3.16. The average Bonchev–Trinajstić information content (AvgIpc) is 3.16. The Morgan fingerprint density at radius 2 is 1.76 bits per heavy atom. The number of imidazole rings is 1. The minimum Gasteiger partial charge on any atom is -0.858 e. The van der Waals surface area contributed by atoms with E-state index >= 15 is 0 Å². The van der Waals surface area contributed by atoms with Crippen LogP contribution in [0.5, 0.6) is 0 Å². The SMILES string of the molecule is C[N+](C)(C)COn1c(-c2ccc(N=C([O-])c3ccc(F)cc3)cc2)nc2ccc([N+](=O)[O-])cc21. The van der Waals surface area contributed by atoms with Crippen molar-refractivity contribution in [3.8, 4) is 11.4 Å². The quantitative estimate of drug-likeness (QED) is 0.104. The van der Waals surface area contributed by atoms with E-state index in [0.29, 0.717) is 39.3 Å². The van der Waals surface area contributed by atoms with Crippen LogP contribution in [-0.4, -0.2) is 52.9 Å². The van der Waals surface area contributed by atoms with E-state index in [1.807, 2.05) is 21.1 Å². The van der Waals surface area contributed by atoms with Crippen molar-refractivity contribution in [2.45, 2.75) is 0 Å². The van der Waals surface area contributed by atoms with Crippen molar-refractivity contribution in [3.05, 3.63) is 88.2 Å². The van der Waals surface area contributed by atoms with E-state index in [1.54, 1.807) is 30.3 Å². The molecule has 0 aliphatic carbocycles. The molecule has 0 bridgehead atoms. The van der Waals surface area contributed by atoms with Crippen molar-refractivity contribution in [1.82, 2.24) is 9.71 Å². The molecule has 174 valence electrons. The molecule has 1 heterocycles. The average molecular weight is 463 g/mol. The number of aromatic nitrogens is 2. The summed E-state index contributed by atoms with van der Waals surface area (Å²) >= 11 is 0. The third-order valence-corrected chi connectivity index (χ3v) is 4.83. The third-order valence-electron chi connectivity index (χ3n) is 4.83. The molecule has 0 N–H and O–H groups in total. The van der Waals surface area contributed by atoms with Gasteiger partial charge < -0.3 is 9.94 Å². The first kappa shape index (κ1) is 22.9. The smallest absolute Gasteiger partial charge is 0.271 e. The van der Waals surface area contributed by atoms with Crippen molar-refractivity contribution >= 4 is 28.3 Å². The highest BCUT2D eigenvalue weighted by atomic mass is 19.1. The molecule has 0 aliphatic rings. The Balaban J connectivity index is 1.71. The van der Waals surface area contributed by atoms with Crippen LogP contribution in [0, 0.1) is 15.9 Å². The number of nitro benzene ring substituents is 1. The number of nitro groups is 1. The number of rotatable bonds is 7. The van der Waals surface area contributed by atoms with Gasteiger partial charge in [-0.3, -0.25) is 19.6 Å². The van der Waals surface area contributed by atoms with Crippen LogP contribution in [0.15, 0.2) is 71.7 Å². The number of fused-ring (bicyclic) bond motifs is 1. The number of nitrogens with zero attached hydrogens (tertiary/aromatic N) is 5. The van der Waals surface area contributed by atoms with Crippen molar-refractivity contribution < 1.29 is 23.7 Å². The summed E-state index contributed by atoms with van der Waals surface area (Å²) in [5.41, 5.74) is 2.32. The summed E-state index contributed by atoms with van der Waals surface area (Å²) in [6.07, 6.45) is 0. The van der Waals surface area contributed by atoms with Gasteiger partial charge in [-0.15, -0.1) is 0 Å². The van der Waals surface area contributed by atoms with Crippen LogP contribution in [0.4, 0.5) is 15.8 Å². The highest BCUT2D eigenvalue weighted by Gasteiger charge is 2.19. The molecule has 4 aromatic rings. The minimum absolute atomic E-state index is 0.0671. The highest BCUT2D eigenvalue weighted by molar-refractivity contribution is 5.92. The molecule has 9 nitrogen and oxygen atoms in total. The largest absolute Gasteiger partial charge is 0.858 e. The Kier molecular flexibility index (Phi) is 5.99. The van der Waals surface area contributed by atoms with E-state index < -0.39 is 16.6 Å². The Labute approximate surface area is 194 Å². The number of hydrogen-bond acceptors (Lipinski definition) is 6. The van der Waals surface area contributed by atoms with Crippen LogP contribution in [0.3, 0.4) is 0 Å². The topological polar surface area (TPSA) is 106 Å². The van der Waals surface area contributed by atoms with Crippen molar-refractivity contribution in [2.24, 2.45) is 4.99 Å². The normalized spacial score (nSPS) is 12.2. The molecule has 0 aliphatic heterocycles. The van der Waals surface area contributed by atoms with E-state index in [2.05, 4.69) is 9.98 Å². The fraction of sp³-hybridized carbons (Fsp3) is 0.167. The molecule has 0 unspecified atom stereocenters. The van der Waals surface area contributed by atoms with Crippen molar-refractivity contribution in [3.63, 3.8) is 0 Å². The van der Waals surface area contributed by atoms with Gasteiger partial charge in [-0.2, -0.15) is 4.73 Å². The maximum absolute atomic E-state index is 13.1. The van der Waals surface area contributed by atoms with Crippen LogP contribution in [-0.2, 0) is 0 Å². The number of benzene rings is 3. The summed E-state index contributed by atoms with van der Waals surface area (Å²) in [5.74, 6) is -0.458. The number of quaternary nitrogens is 1. The van der Waals surface area contributed by atoms with E-state index in [9.17, 15) is 19.6 Å². The van der Waals surface area contributed by atoms with Crippen LogP contribution in [0.25, 0.3) is 22.4 Å². The second-order valence-corrected chi connectivity index (χ2v) is 8.68. The second-order valence-electron chi connectivity index (χ2n) is 8.68. The molecule has 34 heavy (non-hydrogen) atoms. The van der Waals surface area contributed by atoms with Gasteiger partial charge in [-0.05, 0) is 53.9 Å². The number of hydrogen-bond donors (Lipinski definition) is 0. The van der Waals surface area contributed by atoms with Crippen LogP contribution in [0.2, 0.25) is 0 Å². The fourth-order valence-electron chi connectivity index (χ4n) is 3.16. The number of halogens is 1. The van der Waals surface area contributed by atoms with Gasteiger partial charge in [0, 0.05) is 17.7 Å². The lowest BCUT2D eigenvalue weighted by atomic mass is 10.2. The lowest BCUT2D eigenvalue weighted by Crippen LogP contribution is -2.40. The van der Waals surface area contributed by atoms with Gasteiger partial charge in [0.25, 0.3) is 5.69 Å². The number of non-ortho nitro benzene ring substituents is 1. The summed E-state index contributed by atoms with van der Waals surface area (Å²) in [5, 5.41) is 23.6. The maximum atomic E-state index is 13.1. The van der Waals surface area contributed by atoms with Crippen LogP contribution >= 0.6 is 0 Å². The van der Waals surface area contributed by atoms with Crippen LogP contribution < -0.4 is 9.94 Å². The molecule has 0 atom stereocenters. The van der Waals surface area contributed by atoms with Gasteiger partial charge in [0.05, 0.1) is 37.3 Å². The van der Waals surface area contributed by atoms with Crippen LogP contribution in [0.1, 0.15) is 5.56 Å². The molecule has 0 amide bonds. The van der Waals surface area contributed by atoms with E-state index in [0.717, 1.165) is 0 Å². The van der Waals surface area contributed by atoms with E-state index in [4.69, 9.17) is 4.84 Å². The summed E-state index contributed by atoms with van der Waals surface area (Å²) in [6, 6.07) is 16.3. The summed E-state index contributed by atoms with van der Waals surface area (Å²) < 4.78 is 15.1. The van der Waals surface area contributed by atoms with Crippen molar-refractivity contribution in [2.75, 3.05) is 27.9 Å². The molecule has 3 aromatic carbocycles. The summed E-state index contributed by atoms with van der Waals surface area (Å²) in [4.78, 5) is 25.5. The van der Waals surface area contributed by atoms with Gasteiger partial charge in [0.1, 0.15) is 11.3 Å². The predicted molar refractivity (Wildman–Crippen MR) is 124 cm³/mol. The molecular weight excluding hydrogens is 441 g/mol. The Morgan fingerprint density at radius 1 is 1.09 bits per heavy atom. The lowest BCUT2D eigenvalue weighted by molar-refractivity contribution is -0.889. The molecule has 10 heteroatoms. The van der Waals surface area contributed by atoms with Gasteiger partial charge in [0.2, 0.25) is 6.73 Å². The summed E-state index contributed by atoms with van der Waals surface area (Å²) in [7, 11) is 5.86. The van der Waals surface area contributed by atoms with Crippen molar-refractivity contribution in [1.29, 1.82) is 0 Å². The predicted octanol–water partition coefficient (Wildman–Crippen LogP) is 3.28. The number of aliphatic imine (C=N–C) groups is 1. The molecule has 0 fully saturated rings. The van der Waals surface area contributed by atoms with Gasteiger partial charge in [-0.1, -0.05) is 12.1 Å². The first-order chi connectivity index (χ1) is 16.1. The third kappa shape index (κ3) is 5.02. The zero-order valence-corrected chi connectivity index (χ0v) is 18.8. The Bertz CT molecular complexity index is 1370. The van der Waals surface area contributed by atoms with Gasteiger partial charge in [-0.25, -0.2) is 9.37 Å². The first-order valence-electron chi connectivity index (χ1n) is 10.3. The minimum atomic E-state index is -0.487. The highest BCUT2D eigenvalue weighted by Crippen LogP contribution is 2.28. The molecule has 0 spiro atoms. The zero-order valence-electron chi connectivity index (χ0n) is 18.8. The molecule has 1 aromatic heterocycles. The maximum Gasteiger partial charge on any atom is 0.271 e. The standard InChI is InChI=1S/C24H22FN5O4/c1-30(2,3)15-34-28-22-14-20(29(32)33)12-13-21(22)27-23(28)16-6-10-19(11-7-16)26-24(31)17-4-8-18(25)9-5-17/h4-14H,15H2,1-3H3. The first-order valence-corrected chi connectivity index (χ1v) is 10.3. The Hall–Kier alpha value is -4.31. The molecular formula is C24H22FN5O4. The molecule has 0 saturated heterocycles. The van der Waals surface area contributed by atoms with E-state index in [-0.39, 0.29) is 11.3 Å². The summed E-state index contributed by atoms with van der Waals surface area (Å²) in [6.45, 7) is 0.292. The molecule has 0 radical (unpaired) electrons. The van der Waals surface area contributed by atoms with E-state index in [1.165, 1.54) is 41.1 Å².